The van der Waals surface area contributed by atoms with Gasteiger partial charge in [0.15, 0.2) is 11.9 Å². The summed E-state index contributed by atoms with van der Waals surface area (Å²) in [6, 6.07) is 0. The molecule has 2 atom stereocenters. The molecular formula is C7H8O6. The van der Waals surface area contributed by atoms with Crippen molar-refractivity contribution in [3.8, 4) is 0 Å². The van der Waals surface area contributed by atoms with E-state index in [0.29, 0.717) is 0 Å². The molecule has 0 heterocycles. The fourth-order valence-corrected chi connectivity index (χ4v) is 1.14. The molecule has 4 N–H and O–H groups in total. The first-order chi connectivity index (χ1) is 5.95. The van der Waals surface area contributed by atoms with Gasteiger partial charge in [0.2, 0.25) is 5.78 Å². The minimum absolute atomic E-state index is 0.384. The van der Waals surface area contributed by atoms with Crippen molar-refractivity contribution in [3.63, 3.8) is 0 Å². The van der Waals surface area contributed by atoms with Crippen molar-refractivity contribution in [3.05, 3.63) is 11.5 Å². The summed E-state index contributed by atoms with van der Waals surface area (Å²) >= 11 is 0. The van der Waals surface area contributed by atoms with Crippen LogP contribution in [0.2, 0.25) is 0 Å². The maximum Gasteiger partial charge on any atom is 0.333 e. The number of ketones is 1. The smallest absolute Gasteiger partial charge is 0.333 e. The first-order valence-electron chi connectivity index (χ1n) is 3.51. The SMILES string of the molecule is O=C1CC(C(O)C(=O)O)C(O)=C1O. The number of allylic oxidation sites excluding steroid dienone is 1. The Morgan fingerprint density at radius 3 is 2.31 bits per heavy atom. The number of carboxylic acid groups (broad SMARTS) is 1. The maximum atomic E-state index is 10.8. The molecule has 2 unspecified atom stereocenters. The summed E-state index contributed by atoms with van der Waals surface area (Å²) in [4.78, 5) is 21.0. The monoisotopic (exact) mass is 188 g/mol. The van der Waals surface area contributed by atoms with E-state index in [1.54, 1.807) is 0 Å². The number of Topliss-reactive ketones (excluding diaryl/α,β-unsaturated/α-hetero) is 1. The summed E-state index contributed by atoms with van der Waals surface area (Å²) in [5, 5.41) is 35.2. The van der Waals surface area contributed by atoms with Crippen LogP contribution in [0.15, 0.2) is 11.5 Å². The van der Waals surface area contributed by atoms with E-state index in [1.165, 1.54) is 0 Å². The van der Waals surface area contributed by atoms with Gasteiger partial charge >= 0.3 is 5.97 Å². The fourth-order valence-electron chi connectivity index (χ4n) is 1.14. The third kappa shape index (κ3) is 1.48. The van der Waals surface area contributed by atoms with E-state index in [0.717, 1.165) is 0 Å². The van der Waals surface area contributed by atoms with Gasteiger partial charge in [-0.15, -0.1) is 0 Å². The normalized spacial score (nSPS) is 25.0. The molecule has 6 nitrogen and oxygen atoms in total. The molecule has 1 aliphatic rings. The van der Waals surface area contributed by atoms with Crippen LogP contribution in [0, 0.1) is 5.92 Å². The molecule has 13 heavy (non-hydrogen) atoms. The highest BCUT2D eigenvalue weighted by Gasteiger charge is 2.40. The predicted octanol–water partition coefficient (Wildman–Crippen LogP) is -0.651. The first-order valence-corrected chi connectivity index (χ1v) is 3.51. The molecule has 0 amide bonds. The van der Waals surface area contributed by atoms with Crippen LogP contribution < -0.4 is 0 Å². The van der Waals surface area contributed by atoms with Crippen molar-refractivity contribution in [2.24, 2.45) is 5.92 Å². The van der Waals surface area contributed by atoms with Gasteiger partial charge in [-0.1, -0.05) is 0 Å². The Bertz CT molecular complexity index is 291. The van der Waals surface area contributed by atoms with Gasteiger partial charge in [0.25, 0.3) is 0 Å². The van der Waals surface area contributed by atoms with Gasteiger partial charge in [0, 0.05) is 6.42 Å². The zero-order valence-corrected chi connectivity index (χ0v) is 6.47. The Hall–Kier alpha value is -1.56. The Kier molecular flexibility index (Phi) is 2.24. The molecule has 0 aromatic heterocycles. The van der Waals surface area contributed by atoms with Crippen molar-refractivity contribution in [1.82, 2.24) is 0 Å². The number of rotatable bonds is 2. The summed E-state index contributed by atoms with van der Waals surface area (Å²) < 4.78 is 0. The number of aliphatic hydroxyl groups excluding tert-OH is 3. The second kappa shape index (κ2) is 3.06. The Labute approximate surface area is 72.7 Å². The van der Waals surface area contributed by atoms with Crippen LogP contribution >= 0.6 is 0 Å². The largest absolute Gasteiger partial charge is 0.508 e. The lowest BCUT2D eigenvalue weighted by atomic mass is 10.0. The summed E-state index contributed by atoms with van der Waals surface area (Å²) in [5.74, 6) is -5.14. The third-order valence-corrected chi connectivity index (χ3v) is 1.90. The molecule has 0 aliphatic heterocycles. The molecule has 0 radical (unpaired) electrons. The molecule has 1 aliphatic carbocycles. The van der Waals surface area contributed by atoms with Crippen LogP contribution in [-0.4, -0.2) is 38.3 Å². The molecule has 0 saturated heterocycles. The zero-order chi connectivity index (χ0) is 10.2. The summed E-state index contributed by atoms with van der Waals surface area (Å²) in [6.07, 6.45) is -2.25. The molecule has 0 aromatic carbocycles. The second-order valence-corrected chi connectivity index (χ2v) is 2.75. The van der Waals surface area contributed by atoms with Crippen LogP contribution in [-0.2, 0) is 9.59 Å². The van der Waals surface area contributed by atoms with E-state index < -0.39 is 35.3 Å². The van der Waals surface area contributed by atoms with E-state index in [4.69, 9.17) is 20.4 Å². The molecule has 0 saturated carbocycles. The van der Waals surface area contributed by atoms with Gasteiger partial charge in [-0.05, 0) is 0 Å². The zero-order valence-electron chi connectivity index (χ0n) is 6.47. The molecule has 1 rings (SSSR count). The minimum Gasteiger partial charge on any atom is -0.508 e. The van der Waals surface area contributed by atoms with Gasteiger partial charge in [-0.2, -0.15) is 0 Å². The van der Waals surface area contributed by atoms with Crippen LogP contribution in [0.4, 0.5) is 0 Å². The van der Waals surface area contributed by atoms with Crippen LogP contribution in [0.5, 0.6) is 0 Å². The van der Waals surface area contributed by atoms with Gasteiger partial charge in [0.05, 0.1) is 5.92 Å². The van der Waals surface area contributed by atoms with Crippen LogP contribution in [0.1, 0.15) is 6.42 Å². The average Bonchev–Trinajstić information content (AvgIpc) is 2.31. The molecule has 72 valence electrons. The van der Waals surface area contributed by atoms with Crippen molar-refractivity contribution in [1.29, 1.82) is 0 Å². The average molecular weight is 188 g/mol. The maximum absolute atomic E-state index is 10.8. The highest BCUT2D eigenvalue weighted by atomic mass is 16.4. The number of hydrogen-bond acceptors (Lipinski definition) is 5. The summed E-state index contributed by atoms with van der Waals surface area (Å²) in [6.45, 7) is 0. The standard InChI is InChI=1S/C7H8O6/c8-3-1-2(4(9)6(3)11)5(10)7(12)13/h2,5,9-11H,1H2,(H,12,13). The first kappa shape index (κ1) is 9.53. The van der Waals surface area contributed by atoms with Gasteiger partial charge in [0.1, 0.15) is 5.76 Å². The third-order valence-electron chi connectivity index (χ3n) is 1.90. The number of carbonyl (C=O) groups excluding carboxylic acids is 1. The van der Waals surface area contributed by atoms with Crippen molar-refractivity contribution < 1.29 is 30.0 Å². The molecule has 0 spiro atoms. The quantitative estimate of drug-likeness (QED) is 0.457. The molecule has 6 heteroatoms. The van der Waals surface area contributed by atoms with Crippen LogP contribution in [0.3, 0.4) is 0 Å². The minimum atomic E-state index is -1.87. The van der Waals surface area contributed by atoms with E-state index in [1.807, 2.05) is 0 Å². The van der Waals surface area contributed by atoms with E-state index >= 15 is 0 Å². The van der Waals surface area contributed by atoms with Crippen LogP contribution in [0.25, 0.3) is 0 Å². The molecule has 0 fully saturated rings. The lowest BCUT2D eigenvalue weighted by Gasteiger charge is -2.11. The molecule has 0 bridgehead atoms. The number of carbonyl (C=O) groups is 2. The number of carboxylic acids is 1. The Balaban J connectivity index is 2.88. The number of hydrogen-bond donors (Lipinski definition) is 4. The fraction of sp³-hybridized carbons (Fsp3) is 0.429. The second-order valence-electron chi connectivity index (χ2n) is 2.75. The number of aliphatic carboxylic acids is 1. The Morgan fingerprint density at radius 2 is 2.00 bits per heavy atom. The van der Waals surface area contributed by atoms with Gasteiger partial charge in [-0.25, -0.2) is 4.79 Å². The summed E-state index contributed by atoms with van der Waals surface area (Å²) in [5.41, 5.74) is 0. The lowest BCUT2D eigenvalue weighted by Crippen LogP contribution is -2.29. The lowest BCUT2D eigenvalue weighted by molar-refractivity contribution is -0.149. The van der Waals surface area contributed by atoms with Crippen molar-refractivity contribution >= 4 is 11.8 Å². The van der Waals surface area contributed by atoms with E-state index in [-0.39, 0.29) is 6.42 Å². The highest BCUT2D eigenvalue weighted by Crippen LogP contribution is 2.28. The topological polar surface area (TPSA) is 115 Å². The van der Waals surface area contributed by atoms with Gasteiger partial charge < -0.3 is 20.4 Å². The molecule has 0 aromatic rings. The number of aliphatic hydroxyl groups is 3. The van der Waals surface area contributed by atoms with Gasteiger partial charge in [-0.3, -0.25) is 4.79 Å². The van der Waals surface area contributed by atoms with E-state index in [2.05, 4.69) is 0 Å². The predicted molar refractivity (Wildman–Crippen MR) is 39.0 cm³/mol. The van der Waals surface area contributed by atoms with Crippen molar-refractivity contribution in [2.45, 2.75) is 12.5 Å². The van der Waals surface area contributed by atoms with Crippen molar-refractivity contribution in [2.75, 3.05) is 0 Å². The molecular weight excluding hydrogens is 180 g/mol. The Morgan fingerprint density at radius 1 is 1.46 bits per heavy atom. The highest BCUT2D eigenvalue weighted by molar-refractivity contribution is 5.97. The van der Waals surface area contributed by atoms with E-state index in [9.17, 15) is 9.59 Å². The summed E-state index contributed by atoms with van der Waals surface area (Å²) in [7, 11) is 0.